The summed E-state index contributed by atoms with van der Waals surface area (Å²) in [4.78, 5) is 12.1. The predicted molar refractivity (Wildman–Crippen MR) is 83.2 cm³/mol. The maximum Gasteiger partial charge on any atom is 0.251 e. The summed E-state index contributed by atoms with van der Waals surface area (Å²) in [7, 11) is 1.73. The fourth-order valence-corrected chi connectivity index (χ4v) is 2.55. The molecule has 0 saturated carbocycles. The molecule has 0 unspecified atom stereocenters. The van der Waals surface area contributed by atoms with Gasteiger partial charge in [-0.05, 0) is 29.7 Å². The molecule has 0 aliphatic carbocycles. The molecule has 3 nitrogen and oxygen atoms in total. The van der Waals surface area contributed by atoms with Gasteiger partial charge in [-0.2, -0.15) is 5.26 Å². The van der Waals surface area contributed by atoms with Crippen LogP contribution in [0.3, 0.4) is 0 Å². The molecule has 0 aliphatic rings. The zero-order valence-electron chi connectivity index (χ0n) is 11.7. The van der Waals surface area contributed by atoms with Crippen LogP contribution in [0.5, 0.6) is 0 Å². The van der Waals surface area contributed by atoms with Crippen LogP contribution in [-0.4, -0.2) is 4.57 Å². The normalized spacial score (nSPS) is 10.5. The molecule has 0 radical (unpaired) electrons. The van der Waals surface area contributed by atoms with Gasteiger partial charge in [0.15, 0.2) is 0 Å². The number of aryl methyl sites for hydroxylation is 1. The van der Waals surface area contributed by atoms with Crippen molar-refractivity contribution < 1.29 is 0 Å². The Bertz CT molecular complexity index is 902. The van der Waals surface area contributed by atoms with Gasteiger partial charge in [-0.3, -0.25) is 4.79 Å². The molecule has 0 amide bonds. The van der Waals surface area contributed by atoms with E-state index in [1.54, 1.807) is 29.8 Å². The second kappa shape index (κ2) is 5.26. The third-order valence-corrected chi connectivity index (χ3v) is 3.70. The van der Waals surface area contributed by atoms with Crippen molar-refractivity contribution in [2.45, 2.75) is 6.42 Å². The number of hydrogen-bond donors (Lipinski definition) is 0. The van der Waals surface area contributed by atoms with Crippen molar-refractivity contribution in [2.75, 3.05) is 0 Å². The van der Waals surface area contributed by atoms with E-state index < -0.39 is 0 Å². The van der Waals surface area contributed by atoms with Gasteiger partial charge >= 0.3 is 0 Å². The highest BCUT2D eigenvalue weighted by Gasteiger charge is 2.08. The summed E-state index contributed by atoms with van der Waals surface area (Å²) >= 11 is 0. The van der Waals surface area contributed by atoms with Crippen LogP contribution in [0.1, 0.15) is 16.7 Å². The lowest BCUT2D eigenvalue weighted by atomic mass is 10.00. The number of aromatic nitrogens is 1. The largest absolute Gasteiger partial charge is 0.311 e. The predicted octanol–water partition coefficient (Wildman–Crippen LogP) is 3.00. The molecule has 3 rings (SSSR count). The second-order valence-electron chi connectivity index (χ2n) is 5.07. The number of rotatable bonds is 2. The van der Waals surface area contributed by atoms with Crippen LogP contribution in [0.2, 0.25) is 0 Å². The Kier molecular flexibility index (Phi) is 3.29. The Morgan fingerprint density at radius 2 is 1.86 bits per heavy atom. The molecule has 0 bridgehead atoms. The van der Waals surface area contributed by atoms with Gasteiger partial charge in [0.2, 0.25) is 0 Å². The summed E-state index contributed by atoms with van der Waals surface area (Å²) in [6.45, 7) is 0. The molecule has 3 heteroatoms. The maximum absolute atomic E-state index is 12.1. The molecule has 1 aromatic heterocycles. The van der Waals surface area contributed by atoms with Crippen LogP contribution in [0.25, 0.3) is 10.9 Å². The average Bonchev–Trinajstić information content (AvgIpc) is 2.53. The van der Waals surface area contributed by atoms with Crippen LogP contribution >= 0.6 is 0 Å². The van der Waals surface area contributed by atoms with E-state index in [-0.39, 0.29) is 5.56 Å². The summed E-state index contributed by atoms with van der Waals surface area (Å²) in [6.07, 6.45) is 0.708. The van der Waals surface area contributed by atoms with E-state index in [0.717, 1.165) is 22.0 Å². The third-order valence-electron chi connectivity index (χ3n) is 3.70. The maximum atomic E-state index is 12.1. The van der Waals surface area contributed by atoms with Crippen molar-refractivity contribution in [2.24, 2.45) is 7.05 Å². The number of nitrogens with zero attached hydrogens (tertiary/aromatic N) is 2. The number of benzene rings is 2. The van der Waals surface area contributed by atoms with Crippen molar-refractivity contribution >= 4 is 10.9 Å². The molecule has 0 fully saturated rings. The fraction of sp³-hybridized carbons (Fsp3) is 0.111. The highest BCUT2D eigenvalue weighted by Crippen LogP contribution is 2.20. The second-order valence-corrected chi connectivity index (χ2v) is 5.07. The summed E-state index contributed by atoms with van der Waals surface area (Å²) < 4.78 is 1.59. The molecular formula is C18H14N2O. The highest BCUT2D eigenvalue weighted by atomic mass is 16.1. The quantitative estimate of drug-likeness (QED) is 0.721. The number of hydrogen-bond acceptors (Lipinski definition) is 2. The summed E-state index contributed by atoms with van der Waals surface area (Å²) in [5.41, 5.74) is 3.46. The van der Waals surface area contributed by atoms with Crippen molar-refractivity contribution in [3.63, 3.8) is 0 Å². The molecule has 0 saturated heterocycles. The SMILES string of the molecule is Cn1c(=O)cc(Cc2ccccc2)c2ccc(C#N)cc21. The molecule has 2 aromatic carbocycles. The van der Waals surface area contributed by atoms with Gasteiger partial charge in [0.1, 0.15) is 0 Å². The third kappa shape index (κ3) is 2.44. The van der Waals surface area contributed by atoms with Crippen molar-refractivity contribution in [1.82, 2.24) is 4.57 Å². The Morgan fingerprint density at radius 3 is 2.57 bits per heavy atom. The molecule has 0 atom stereocenters. The highest BCUT2D eigenvalue weighted by molar-refractivity contribution is 5.84. The molecule has 3 aromatic rings. The monoisotopic (exact) mass is 274 g/mol. The Balaban J connectivity index is 2.22. The van der Waals surface area contributed by atoms with Crippen LogP contribution in [0.4, 0.5) is 0 Å². The Hall–Kier alpha value is -2.86. The molecule has 0 aliphatic heterocycles. The van der Waals surface area contributed by atoms with Crippen LogP contribution < -0.4 is 5.56 Å². The fourth-order valence-electron chi connectivity index (χ4n) is 2.55. The number of fused-ring (bicyclic) bond motifs is 1. The topological polar surface area (TPSA) is 45.8 Å². The first kappa shape index (κ1) is 13.1. The van der Waals surface area contributed by atoms with Crippen molar-refractivity contribution in [1.29, 1.82) is 5.26 Å². The molecule has 0 spiro atoms. The first-order valence-electron chi connectivity index (χ1n) is 6.76. The van der Waals surface area contributed by atoms with Crippen LogP contribution in [-0.2, 0) is 13.5 Å². The molecular weight excluding hydrogens is 260 g/mol. The minimum absolute atomic E-state index is 0.0523. The van der Waals surface area contributed by atoms with Gasteiger partial charge in [0, 0.05) is 18.5 Å². The van der Waals surface area contributed by atoms with Crippen molar-refractivity contribution in [3.05, 3.63) is 81.6 Å². The van der Waals surface area contributed by atoms with Gasteiger partial charge in [-0.15, -0.1) is 0 Å². The Morgan fingerprint density at radius 1 is 1.10 bits per heavy atom. The first-order valence-corrected chi connectivity index (χ1v) is 6.76. The molecule has 0 N–H and O–H groups in total. The van der Waals surface area contributed by atoms with E-state index in [1.807, 2.05) is 36.4 Å². The first-order chi connectivity index (χ1) is 10.2. The summed E-state index contributed by atoms with van der Waals surface area (Å²) in [5, 5.41) is 10.0. The van der Waals surface area contributed by atoms with Crippen LogP contribution in [0, 0.1) is 11.3 Å². The minimum Gasteiger partial charge on any atom is -0.311 e. The van der Waals surface area contributed by atoms with Gasteiger partial charge in [0.05, 0.1) is 17.1 Å². The van der Waals surface area contributed by atoms with E-state index in [2.05, 4.69) is 6.07 Å². The smallest absolute Gasteiger partial charge is 0.251 e. The lowest BCUT2D eigenvalue weighted by Crippen LogP contribution is -2.17. The molecule has 21 heavy (non-hydrogen) atoms. The van der Waals surface area contributed by atoms with E-state index >= 15 is 0 Å². The standard InChI is InChI=1S/C18H14N2O/c1-20-17-10-14(12-19)7-8-16(17)15(11-18(20)21)9-13-5-3-2-4-6-13/h2-8,10-11H,9H2,1H3. The van der Waals surface area contributed by atoms with Crippen LogP contribution in [0.15, 0.2) is 59.4 Å². The summed E-state index contributed by atoms with van der Waals surface area (Å²) in [5.74, 6) is 0. The van der Waals surface area contributed by atoms with Gasteiger partial charge in [0.25, 0.3) is 5.56 Å². The molecule has 1 heterocycles. The number of pyridine rings is 1. The van der Waals surface area contributed by atoms with Gasteiger partial charge in [-0.25, -0.2) is 0 Å². The van der Waals surface area contributed by atoms with Gasteiger partial charge in [-0.1, -0.05) is 36.4 Å². The lowest BCUT2D eigenvalue weighted by molar-refractivity contribution is 0.899. The van der Waals surface area contributed by atoms with Crippen molar-refractivity contribution in [3.8, 4) is 6.07 Å². The lowest BCUT2D eigenvalue weighted by Gasteiger charge is -2.10. The van der Waals surface area contributed by atoms with E-state index in [9.17, 15) is 4.79 Å². The minimum atomic E-state index is -0.0523. The zero-order valence-corrected chi connectivity index (χ0v) is 11.7. The number of nitriles is 1. The van der Waals surface area contributed by atoms with E-state index in [4.69, 9.17) is 5.26 Å². The van der Waals surface area contributed by atoms with E-state index in [0.29, 0.717) is 12.0 Å². The van der Waals surface area contributed by atoms with E-state index in [1.165, 1.54) is 0 Å². The summed E-state index contributed by atoms with van der Waals surface area (Å²) in [6, 6.07) is 19.3. The zero-order chi connectivity index (χ0) is 14.8. The molecule has 102 valence electrons. The van der Waals surface area contributed by atoms with Gasteiger partial charge < -0.3 is 4.57 Å². The Labute approximate surface area is 122 Å². The average molecular weight is 274 g/mol.